The van der Waals surface area contributed by atoms with Gasteiger partial charge in [0.05, 0.1) is 47.4 Å². The number of hydrogen-bond acceptors (Lipinski definition) is 7. The Hall–Kier alpha value is -1.26. The van der Waals surface area contributed by atoms with Crippen molar-refractivity contribution in [3.63, 3.8) is 0 Å². The van der Waals surface area contributed by atoms with Crippen LogP contribution in [0.5, 0.6) is 11.5 Å². The minimum absolute atomic E-state index is 0.0882. The zero-order valence-electron chi connectivity index (χ0n) is 20.9. The Kier molecular flexibility index (Phi) is 13.6. The smallest absolute Gasteiger partial charge is 0.324 e. The van der Waals surface area contributed by atoms with Crippen molar-refractivity contribution in [3.8, 4) is 11.5 Å². The number of carboxylic acid groups (broad SMARTS) is 1. The topological polar surface area (TPSA) is 118 Å². The molecule has 0 spiro atoms. The van der Waals surface area contributed by atoms with Crippen molar-refractivity contribution in [2.45, 2.75) is 64.7 Å². The fourth-order valence-corrected chi connectivity index (χ4v) is 4.56. The van der Waals surface area contributed by atoms with Crippen LogP contribution in [0.1, 0.15) is 51.0 Å². The van der Waals surface area contributed by atoms with Gasteiger partial charge in [-0.3, -0.25) is 4.79 Å². The molecule has 0 saturated carbocycles. The molecule has 0 radical (unpaired) electrons. The molecule has 0 bridgehead atoms. The van der Waals surface area contributed by atoms with Gasteiger partial charge in [0.15, 0.2) is 0 Å². The van der Waals surface area contributed by atoms with Crippen molar-refractivity contribution in [3.05, 3.63) is 23.8 Å². The number of nitrogens with zero attached hydrogens (tertiary/aromatic N) is 1. The molecular weight excluding hydrogens is 481 g/mol. The summed E-state index contributed by atoms with van der Waals surface area (Å²) in [5.41, 5.74) is 1.05. The van der Waals surface area contributed by atoms with Gasteiger partial charge in [-0.1, -0.05) is 19.8 Å². The van der Waals surface area contributed by atoms with E-state index in [1.54, 1.807) is 21.1 Å². The Bertz CT molecular complexity index is 802. The minimum atomic E-state index is -3.76. The molecule has 1 aromatic rings. The molecule has 2 unspecified atom stereocenters. The fraction of sp³-hybridized carbons (Fsp3) is 0.696. The maximum atomic E-state index is 12.5. The van der Waals surface area contributed by atoms with Gasteiger partial charge in [0, 0.05) is 12.3 Å². The molecule has 0 aliphatic carbocycles. The van der Waals surface area contributed by atoms with E-state index in [-0.39, 0.29) is 11.1 Å². The van der Waals surface area contributed by atoms with E-state index in [9.17, 15) is 14.8 Å². The van der Waals surface area contributed by atoms with Gasteiger partial charge in [-0.15, -0.1) is 0 Å². The average Bonchev–Trinajstić information content (AvgIpc) is 2.71. The third-order valence-corrected chi connectivity index (χ3v) is 6.45. The van der Waals surface area contributed by atoms with Crippen LogP contribution in [0.3, 0.4) is 0 Å². The SMILES string of the molecule is CCCCCOc1cc(C)cc(OCCCCOP(O)(=S)O[C@H](CC(=O)O)C([O-])[N+](C)(C)C)c1. The molecule has 34 heavy (non-hydrogen) atoms. The maximum Gasteiger partial charge on any atom is 0.324 e. The van der Waals surface area contributed by atoms with E-state index >= 15 is 0 Å². The maximum absolute atomic E-state index is 12.5. The normalized spacial score (nSPS) is 15.4. The zero-order chi connectivity index (χ0) is 25.8. The highest BCUT2D eigenvalue weighted by atomic mass is 32.5. The average molecular weight is 522 g/mol. The number of quaternary nitrogens is 1. The third kappa shape index (κ3) is 13.0. The van der Waals surface area contributed by atoms with Gasteiger partial charge < -0.3 is 38.1 Å². The molecule has 0 aromatic heterocycles. The second kappa shape index (κ2) is 15.0. The lowest BCUT2D eigenvalue weighted by Gasteiger charge is -2.43. The van der Waals surface area contributed by atoms with E-state index < -0.39 is 31.4 Å². The number of aliphatic carboxylic acids is 1. The Morgan fingerprint density at radius 3 is 2.09 bits per heavy atom. The Morgan fingerprint density at radius 1 is 1.06 bits per heavy atom. The standard InChI is InChI=1S/C23H40NO8PS/c1-6-7-8-11-29-19-14-18(2)15-20(16-19)30-12-9-10-13-31-33(28,34)32-21(17-22(25)26)23(27)24(3,4)5/h14-16,21,23H,6-13,17H2,1-5H3,(H,25,26)(H,28,34)/t21-,23?,33?/m1/s1. The minimum Gasteiger partial charge on any atom is -0.804 e. The summed E-state index contributed by atoms with van der Waals surface area (Å²) < 4.78 is 22.1. The zero-order valence-corrected chi connectivity index (χ0v) is 22.6. The molecule has 3 atom stereocenters. The van der Waals surface area contributed by atoms with Gasteiger partial charge in [-0.25, -0.2) is 0 Å². The first-order valence-corrected chi connectivity index (χ1v) is 14.1. The monoisotopic (exact) mass is 521 g/mol. The van der Waals surface area contributed by atoms with Gasteiger partial charge in [0.2, 0.25) is 0 Å². The van der Waals surface area contributed by atoms with E-state index in [1.165, 1.54) is 0 Å². The van der Waals surface area contributed by atoms with Gasteiger partial charge in [0.1, 0.15) is 17.6 Å². The quantitative estimate of drug-likeness (QED) is 0.130. The van der Waals surface area contributed by atoms with Gasteiger partial charge in [0.25, 0.3) is 0 Å². The second-order valence-corrected chi connectivity index (χ2v) is 11.9. The number of carboxylic acids is 1. The van der Waals surface area contributed by atoms with Crippen LogP contribution >= 0.6 is 6.72 Å². The van der Waals surface area contributed by atoms with Crippen LogP contribution in [0.15, 0.2) is 18.2 Å². The molecular formula is C23H40NO8PS. The summed E-state index contributed by atoms with van der Waals surface area (Å²) in [7, 11) is 4.86. The molecule has 0 aliphatic heterocycles. The van der Waals surface area contributed by atoms with Crippen LogP contribution in [0.2, 0.25) is 0 Å². The Balaban J connectivity index is 2.44. The molecule has 1 rings (SSSR count). The largest absolute Gasteiger partial charge is 0.804 e. The van der Waals surface area contributed by atoms with Crippen molar-refractivity contribution in [2.24, 2.45) is 0 Å². The van der Waals surface area contributed by atoms with Crippen LogP contribution < -0.4 is 14.6 Å². The van der Waals surface area contributed by atoms with Gasteiger partial charge in [-0.05, 0) is 55.7 Å². The lowest BCUT2D eigenvalue weighted by Crippen LogP contribution is -2.60. The second-order valence-electron chi connectivity index (χ2n) is 9.14. The summed E-state index contributed by atoms with van der Waals surface area (Å²) in [5, 5.41) is 21.6. The molecule has 11 heteroatoms. The molecule has 9 nitrogen and oxygen atoms in total. The van der Waals surface area contributed by atoms with Crippen LogP contribution in [0.4, 0.5) is 0 Å². The summed E-state index contributed by atoms with van der Waals surface area (Å²) in [6.45, 7) is 1.59. The summed E-state index contributed by atoms with van der Waals surface area (Å²) in [5.74, 6) is 0.298. The molecule has 1 aromatic carbocycles. The van der Waals surface area contributed by atoms with E-state index in [0.29, 0.717) is 26.1 Å². The van der Waals surface area contributed by atoms with Crippen molar-refractivity contribution >= 4 is 24.5 Å². The van der Waals surface area contributed by atoms with Crippen molar-refractivity contribution in [2.75, 3.05) is 41.0 Å². The van der Waals surface area contributed by atoms with Crippen molar-refractivity contribution in [1.29, 1.82) is 0 Å². The summed E-state index contributed by atoms with van der Waals surface area (Å²) in [6.07, 6.45) is 1.15. The Morgan fingerprint density at radius 2 is 1.59 bits per heavy atom. The highest BCUT2D eigenvalue weighted by Gasteiger charge is 2.31. The first kappa shape index (κ1) is 30.8. The molecule has 0 amide bonds. The summed E-state index contributed by atoms with van der Waals surface area (Å²) in [6, 6.07) is 5.78. The van der Waals surface area contributed by atoms with Crippen LogP contribution in [0, 0.1) is 6.92 Å². The number of carbonyl (C=O) groups is 1. The van der Waals surface area contributed by atoms with E-state index in [2.05, 4.69) is 6.92 Å². The van der Waals surface area contributed by atoms with Crippen molar-refractivity contribution < 1.29 is 42.9 Å². The number of aryl methyl sites for hydroxylation is 1. The first-order valence-electron chi connectivity index (χ1n) is 11.6. The molecule has 0 aliphatic rings. The predicted octanol–water partition coefficient (Wildman–Crippen LogP) is 3.21. The van der Waals surface area contributed by atoms with Crippen LogP contribution in [-0.4, -0.2) is 73.7 Å². The lowest BCUT2D eigenvalue weighted by atomic mass is 10.2. The molecule has 0 heterocycles. The molecule has 0 saturated heterocycles. The highest BCUT2D eigenvalue weighted by molar-refractivity contribution is 8.07. The summed E-state index contributed by atoms with van der Waals surface area (Å²) >= 11 is 4.99. The van der Waals surface area contributed by atoms with E-state index in [1.807, 2.05) is 25.1 Å². The predicted molar refractivity (Wildman–Crippen MR) is 132 cm³/mol. The number of benzene rings is 1. The summed E-state index contributed by atoms with van der Waals surface area (Å²) in [4.78, 5) is 21.4. The van der Waals surface area contributed by atoms with E-state index in [4.69, 9.17) is 35.4 Å². The third-order valence-electron chi connectivity index (χ3n) is 4.83. The first-order chi connectivity index (χ1) is 15.8. The number of unbranched alkanes of at least 4 members (excludes halogenated alkanes) is 3. The molecule has 0 fully saturated rings. The van der Waals surface area contributed by atoms with Gasteiger partial charge in [-0.2, -0.15) is 0 Å². The van der Waals surface area contributed by atoms with E-state index in [0.717, 1.165) is 36.3 Å². The molecule has 196 valence electrons. The number of rotatable bonds is 18. The number of likely N-dealkylation sites (N-methyl/N-ethyl adjacent to an activating group) is 1. The highest BCUT2D eigenvalue weighted by Crippen LogP contribution is 2.46. The van der Waals surface area contributed by atoms with Gasteiger partial charge >= 0.3 is 12.7 Å². The Labute approximate surface area is 208 Å². The fourth-order valence-electron chi connectivity index (χ4n) is 3.06. The van der Waals surface area contributed by atoms with Crippen LogP contribution in [-0.2, 0) is 25.6 Å². The molecule has 2 N–H and O–H groups in total. The lowest BCUT2D eigenvalue weighted by molar-refractivity contribution is -0.973. The van der Waals surface area contributed by atoms with Crippen molar-refractivity contribution in [1.82, 2.24) is 0 Å². The number of ether oxygens (including phenoxy) is 2. The van der Waals surface area contributed by atoms with Crippen LogP contribution in [0.25, 0.3) is 0 Å². The number of hydrogen-bond donors (Lipinski definition) is 2.